The van der Waals surface area contributed by atoms with Crippen LogP contribution in [0.5, 0.6) is 0 Å². The zero-order chi connectivity index (χ0) is 8.10. The molecule has 0 bridgehead atoms. The van der Waals surface area contributed by atoms with Gasteiger partial charge in [-0.1, -0.05) is 13.3 Å². The molecular weight excluding hydrogens is 140 g/mol. The van der Waals surface area contributed by atoms with E-state index in [-0.39, 0.29) is 0 Å². The number of aliphatic hydroxyl groups excluding tert-OH is 1. The number of aliphatic hydroxyl groups is 1. The lowest BCUT2D eigenvalue weighted by Crippen LogP contribution is -2.01. The summed E-state index contributed by atoms with van der Waals surface area (Å²) in [5.41, 5.74) is 0. The fraction of sp³-hybridized carbons (Fsp3) is 0.500. The summed E-state index contributed by atoms with van der Waals surface area (Å²) < 4.78 is 0. The first-order chi connectivity index (χ1) is 5.34. The molecule has 1 N–H and O–H groups in total. The SMILES string of the molecule is CCCC(O)c1ncccn1. The molecule has 1 atom stereocenters. The zero-order valence-electron chi connectivity index (χ0n) is 6.57. The Labute approximate surface area is 66.1 Å². The van der Waals surface area contributed by atoms with Crippen LogP contribution in [-0.2, 0) is 0 Å². The van der Waals surface area contributed by atoms with Crippen LogP contribution in [0.3, 0.4) is 0 Å². The van der Waals surface area contributed by atoms with Gasteiger partial charge in [0.1, 0.15) is 6.10 Å². The van der Waals surface area contributed by atoms with E-state index in [9.17, 15) is 5.11 Å². The van der Waals surface area contributed by atoms with Crippen LogP contribution in [-0.4, -0.2) is 15.1 Å². The van der Waals surface area contributed by atoms with E-state index in [0.29, 0.717) is 5.82 Å². The van der Waals surface area contributed by atoms with Crippen molar-refractivity contribution >= 4 is 0 Å². The highest BCUT2D eigenvalue weighted by Gasteiger charge is 2.06. The van der Waals surface area contributed by atoms with Gasteiger partial charge in [0.15, 0.2) is 5.82 Å². The van der Waals surface area contributed by atoms with Gasteiger partial charge in [-0.3, -0.25) is 0 Å². The second kappa shape index (κ2) is 4.03. The lowest BCUT2D eigenvalue weighted by Gasteiger charge is -2.05. The quantitative estimate of drug-likeness (QED) is 0.710. The summed E-state index contributed by atoms with van der Waals surface area (Å²) in [4.78, 5) is 7.87. The molecule has 1 aromatic rings. The van der Waals surface area contributed by atoms with Crippen molar-refractivity contribution in [2.45, 2.75) is 25.9 Å². The highest BCUT2D eigenvalue weighted by atomic mass is 16.3. The molecule has 0 amide bonds. The first-order valence-electron chi connectivity index (χ1n) is 3.79. The molecule has 0 spiro atoms. The van der Waals surface area contributed by atoms with Crippen LogP contribution in [0.4, 0.5) is 0 Å². The molecule has 0 radical (unpaired) electrons. The van der Waals surface area contributed by atoms with Gasteiger partial charge in [-0.2, -0.15) is 0 Å². The van der Waals surface area contributed by atoms with E-state index in [2.05, 4.69) is 9.97 Å². The average molecular weight is 152 g/mol. The predicted molar refractivity (Wildman–Crippen MR) is 41.9 cm³/mol. The second-order valence-corrected chi connectivity index (χ2v) is 2.41. The first-order valence-corrected chi connectivity index (χ1v) is 3.79. The Morgan fingerprint density at radius 2 is 2.09 bits per heavy atom. The molecule has 60 valence electrons. The van der Waals surface area contributed by atoms with E-state index in [1.165, 1.54) is 0 Å². The molecule has 1 aromatic heterocycles. The van der Waals surface area contributed by atoms with Gasteiger partial charge in [0.2, 0.25) is 0 Å². The van der Waals surface area contributed by atoms with E-state index in [1.54, 1.807) is 18.5 Å². The molecule has 11 heavy (non-hydrogen) atoms. The third-order valence-electron chi connectivity index (χ3n) is 1.45. The summed E-state index contributed by atoms with van der Waals surface area (Å²) >= 11 is 0. The number of aromatic nitrogens is 2. The van der Waals surface area contributed by atoms with Crippen LogP contribution in [0.15, 0.2) is 18.5 Å². The molecule has 3 heteroatoms. The van der Waals surface area contributed by atoms with Crippen molar-refractivity contribution in [2.24, 2.45) is 0 Å². The topological polar surface area (TPSA) is 46.0 Å². The molecule has 0 aliphatic rings. The van der Waals surface area contributed by atoms with Gasteiger partial charge >= 0.3 is 0 Å². The van der Waals surface area contributed by atoms with E-state index < -0.39 is 6.10 Å². The molecule has 0 saturated heterocycles. The normalized spacial score (nSPS) is 12.9. The van der Waals surface area contributed by atoms with E-state index >= 15 is 0 Å². The Morgan fingerprint density at radius 3 is 2.64 bits per heavy atom. The highest BCUT2D eigenvalue weighted by molar-refractivity contribution is 4.91. The Morgan fingerprint density at radius 1 is 1.45 bits per heavy atom. The summed E-state index contributed by atoms with van der Waals surface area (Å²) in [6.45, 7) is 2.02. The monoisotopic (exact) mass is 152 g/mol. The first kappa shape index (κ1) is 8.14. The van der Waals surface area contributed by atoms with Gasteiger partial charge in [-0.25, -0.2) is 9.97 Å². The molecule has 0 aliphatic heterocycles. The van der Waals surface area contributed by atoms with Gasteiger partial charge in [0.05, 0.1) is 0 Å². The molecule has 0 aliphatic carbocycles. The highest BCUT2D eigenvalue weighted by Crippen LogP contribution is 2.11. The Kier molecular flexibility index (Phi) is 2.98. The maximum Gasteiger partial charge on any atom is 0.156 e. The predicted octanol–water partition coefficient (Wildman–Crippen LogP) is 1.31. The van der Waals surface area contributed by atoms with Crippen LogP contribution >= 0.6 is 0 Å². The van der Waals surface area contributed by atoms with Crippen molar-refractivity contribution in [3.8, 4) is 0 Å². The molecule has 1 rings (SSSR count). The number of hydrogen-bond donors (Lipinski definition) is 1. The van der Waals surface area contributed by atoms with Gasteiger partial charge in [-0.05, 0) is 12.5 Å². The minimum atomic E-state index is -0.499. The van der Waals surface area contributed by atoms with Crippen molar-refractivity contribution < 1.29 is 5.11 Å². The van der Waals surface area contributed by atoms with Crippen LogP contribution in [0, 0.1) is 0 Å². The lowest BCUT2D eigenvalue weighted by molar-refractivity contribution is 0.156. The summed E-state index contributed by atoms with van der Waals surface area (Å²) in [5, 5.41) is 9.40. The largest absolute Gasteiger partial charge is 0.385 e. The van der Waals surface area contributed by atoms with Crippen LogP contribution in [0.2, 0.25) is 0 Å². The molecule has 0 fully saturated rings. The van der Waals surface area contributed by atoms with Crippen molar-refractivity contribution in [1.29, 1.82) is 0 Å². The molecule has 1 unspecified atom stereocenters. The number of rotatable bonds is 3. The summed E-state index contributed by atoms with van der Waals surface area (Å²) in [7, 11) is 0. The molecule has 1 heterocycles. The van der Waals surface area contributed by atoms with Gasteiger partial charge in [0, 0.05) is 12.4 Å². The number of nitrogens with zero attached hydrogens (tertiary/aromatic N) is 2. The van der Waals surface area contributed by atoms with Gasteiger partial charge < -0.3 is 5.11 Å². The standard InChI is InChI=1S/C8H12N2O/c1-2-4-7(11)8-9-5-3-6-10-8/h3,5-7,11H,2,4H2,1H3. The van der Waals surface area contributed by atoms with Gasteiger partial charge in [-0.15, -0.1) is 0 Å². The van der Waals surface area contributed by atoms with E-state index in [4.69, 9.17) is 0 Å². The van der Waals surface area contributed by atoms with Crippen LogP contribution < -0.4 is 0 Å². The van der Waals surface area contributed by atoms with Crippen molar-refractivity contribution in [3.05, 3.63) is 24.3 Å². The summed E-state index contributed by atoms with van der Waals surface area (Å²) in [6, 6.07) is 1.74. The summed E-state index contributed by atoms with van der Waals surface area (Å²) in [5.74, 6) is 0.523. The Hall–Kier alpha value is -0.960. The molecule has 0 saturated carbocycles. The third-order valence-corrected chi connectivity index (χ3v) is 1.45. The minimum Gasteiger partial charge on any atom is -0.385 e. The Balaban J connectivity index is 2.61. The van der Waals surface area contributed by atoms with E-state index in [0.717, 1.165) is 12.8 Å². The van der Waals surface area contributed by atoms with Gasteiger partial charge in [0.25, 0.3) is 0 Å². The zero-order valence-corrected chi connectivity index (χ0v) is 6.57. The van der Waals surface area contributed by atoms with Crippen LogP contribution in [0.1, 0.15) is 31.7 Å². The summed E-state index contributed by atoms with van der Waals surface area (Å²) in [6.07, 6.45) is 4.45. The minimum absolute atomic E-state index is 0.499. The average Bonchev–Trinajstić information content (AvgIpc) is 2.07. The van der Waals surface area contributed by atoms with Crippen LogP contribution in [0.25, 0.3) is 0 Å². The third kappa shape index (κ3) is 2.27. The van der Waals surface area contributed by atoms with Crippen molar-refractivity contribution in [2.75, 3.05) is 0 Å². The van der Waals surface area contributed by atoms with Crippen molar-refractivity contribution in [3.63, 3.8) is 0 Å². The van der Waals surface area contributed by atoms with Crippen molar-refractivity contribution in [1.82, 2.24) is 9.97 Å². The molecule has 0 aromatic carbocycles. The maximum atomic E-state index is 9.40. The van der Waals surface area contributed by atoms with E-state index in [1.807, 2.05) is 6.92 Å². The second-order valence-electron chi connectivity index (χ2n) is 2.41. The molecule has 3 nitrogen and oxygen atoms in total. The Bertz CT molecular complexity index is 201. The number of hydrogen-bond acceptors (Lipinski definition) is 3. The fourth-order valence-electron chi connectivity index (χ4n) is 0.885. The fourth-order valence-corrected chi connectivity index (χ4v) is 0.885. The smallest absolute Gasteiger partial charge is 0.156 e. The molecular formula is C8H12N2O. The lowest BCUT2D eigenvalue weighted by atomic mass is 10.2. The maximum absolute atomic E-state index is 9.40.